The standard InChI is InChI=1S/C25H21FN4O4/c1-14(33-20-10-6-5-9-18(20)26)23(31)28-29-24(32)17-13-19(15-11-12-15)27-25-21(17)22(30-34-25)16-7-3-2-4-8-16/h2-10,13-15H,11-12H2,1H3,(H,28,31)(H,29,32). The van der Waals surface area contributed by atoms with Crippen LogP contribution < -0.4 is 15.6 Å². The molecule has 0 spiro atoms. The number of hydrogen-bond donors (Lipinski definition) is 2. The third-order valence-electron chi connectivity index (χ3n) is 5.56. The number of benzene rings is 2. The lowest BCUT2D eigenvalue weighted by atomic mass is 10.0. The summed E-state index contributed by atoms with van der Waals surface area (Å²) >= 11 is 0. The molecule has 1 aliphatic rings. The summed E-state index contributed by atoms with van der Waals surface area (Å²) in [6.45, 7) is 1.46. The van der Waals surface area contributed by atoms with E-state index in [0.717, 1.165) is 24.1 Å². The summed E-state index contributed by atoms with van der Waals surface area (Å²) < 4.78 is 24.6. The SMILES string of the molecule is CC(Oc1ccccc1F)C(=O)NNC(=O)c1cc(C2CC2)nc2onc(-c3ccccc3)c12. The molecule has 5 rings (SSSR count). The van der Waals surface area contributed by atoms with E-state index in [0.29, 0.717) is 11.1 Å². The Morgan fingerprint density at radius 1 is 1.09 bits per heavy atom. The Labute approximate surface area is 194 Å². The predicted molar refractivity (Wildman–Crippen MR) is 121 cm³/mol. The van der Waals surface area contributed by atoms with Gasteiger partial charge in [-0.15, -0.1) is 0 Å². The first-order valence-electron chi connectivity index (χ1n) is 10.9. The molecule has 2 heterocycles. The summed E-state index contributed by atoms with van der Waals surface area (Å²) in [5, 5.41) is 4.60. The van der Waals surface area contributed by atoms with Gasteiger partial charge in [-0.3, -0.25) is 20.4 Å². The molecule has 2 amide bonds. The highest BCUT2D eigenvalue weighted by Gasteiger charge is 2.29. The lowest BCUT2D eigenvalue weighted by Crippen LogP contribution is -2.47. The monoisotopic (exact) mass is 460 g/mol. The van der Waals surface area contributed by atoms with E-state index >= 15 is 0 Å². The summed E-state index contributed by atoms with van der Waals surface area (Å²) in [4.78, 5) is 30.2. The first-order valence-corrected chi connectivity index (χ1v) is 10.9. The summed E-state index contributed by atoms with van der Waals surface area (Å²) in [6.07, 6.45) is 0.925. The number of carbonyl (C=O) groups is 2. The Hall–Kier alpha value is -4.27. The van der Waals surface area contributed by atoms with Crippen molar-refractivity contribution in [2.75, 3.05) is 0 Å². The average Bonchev–Trinajstić information content (AvgIpc) is 3.62. The predicted octanol–water partition coefficient (Wildman–Crippen LogP) is 4.13. The van der Waals surface area contributed by atoms with Gasteiger partial charge in [0, 0.05) is 17.2 Å². The van der Waals surface area contributed by atoms with Gasteiger partial charge in [0.2, 0.25) is 0 Å². The maximum absolute atomic E-state index is 13.8. The zero-order valence-corrected chi connectivity index (χ0v) is 18.2. The number of ether oxygens (including phenoxy) is 1. The minimum absolute atomic E-state index is 0.0571. The zero-order valence-electron chi connectivity index (χ0n) is 18.2. The van der Waals surface area contributed by atoms with E-state index in [-0.39, 0.29) is 22.9 Å². The van der Waals surface area contributed by atoms with E-state index in [2.05, 4.69) is 21.0 Å². The van der Waals surface area contributed by atoms with E-state index in [1.807, 2.05) is 30.3 Å². The fraction of sp³-hybridized carbons (Fsp3) is 0.200. The molecule has 2 aromatic heterocycles. The maximum Gasteiger partial charge on any atom is 0.279 e. The molecule has 0 bridgehead atoms. The van der Waals surface area contributed by atoms with E-state index in [9.17, 15) is 14.0 Å². The van der Waals surface area contributed by atoms with Crippen LogP contribution in [-0.2, 0) is 4.79 Å². The van der Waals surface area contributed by atoms with Crippen LogP contribution in [0.5, 0.6) is 5.75 Å². The largest absolute Gasteiger partial charge is 0.478 e. The van der Waals surface area contributed by atoms with Crippen LogP contribution >= 0.6 is 0 Å². The van der Waals surface area contributed by atoms with Crippen molar-refractivity contribution in [1.82, 2.24) is 21.0 Å². The molecule has 4 aromatic rings. The van der Waals surface area contributed by atoms with Crippen molar-refractivity contribution >= 4 is 22.9 Å². The molecule has 172 valence electrons. The molecule has 1 aliphatic carbocycles. The van der Waals surface area contributed by atoms with Crippen LogP contribution in [0.1, 0.15) is 41.7 Å². The number of carbonyl (C=O) groups excluding carboxylic acids is 2. The van der Waals surface area contributed by atoms with Crippen LogP contribution in [0.15, 0.2) is 65.2 Å². The van der Waals surface area contributed by atoms with Crippen LogP contribution in [0, 0.1) is 5.82 Å². The number of hydrogen-bond acceptors (Lipinski definition) is 6. The number of aromatic nitrogens is 2. The van der Waals surface area contributed by atoms with E-state index in [1.54, 1.807) is 12.1 Å². The van der Waals surface area contributed by atoms with Gasteiger partial charge in [-0.25, -0.2) is 9.37 Å². The molecule has 2 aromatic carbocycles. The highest BCUT2D eigenvalue weighted by molar-refractivity contribution is 6.10. The van der Waals surface area contributed by atoms with E-state index in [4.69, 9.17) is 9.26 Å². The maximum atomic E-state index is 13.8. The van der Waals surface area contributed by atoms with Crippen LogP contribution in [0.2, 0.25) is 0 Å². The normalized spacial score (nSPS) is 13.9. The number of fused-ring (bicyclic) bond motifs is 1. The van der Waals surface area contributed by atoms with Crippen molar-refractivity contribution in [2.45, 2.75) is 31.8 Å². The zero-order chi connectivity index (χ0) is 23.7. The first kappa shape index (κ1) is 21.6. The van der Waals surface area contributed by atoms with Gasteiger partial charge in [0.25, 0.3) is 17.5 Å². The molecule has 1 unspecified atom stereocenters. The number of nitrogens with one attached hydrogen (secondary N) is 2. The molecule has 8 nitrogen and oxygen atoms in total. The number of pyridine rings is 1. The fourth-order valence-electron chi connectivity index (χ4n) is 3.60. The van der Waals surface area contributed by atoms with Crippen molar-refractivity contribution in [3.05, 3.63) is 77.7 Å². The van der Waals surface area contributed by atoms with Gasteiger partial charge < -0.3 is 9.26 Å². The van der Waals surface area contributed by atoms with Crippen LogP contribution in [-0.4, -0.2) is 28.1 Å². The molecule has 0 radical (unpaired) electrons. The van der Waals surface area contributed by atoms with Crippen molar-refractivity contribution in [3.63, 3.8) is 0 Å². The molecule has 0 aliphatic heterocycles. The van der Waals surface area contributed by atoms with E-state index < -0.39 is 23.7 Å². The molecule has 0 saturated heterocycles. The van der Waals surface area contributed by atoms with Gasteiger partial charge in [0.1, 0.15) is 5.69 Å². The van der Waals surface area contributed by atoms with Gasteiger partial charge in [-0.1, -0.05) is 47.6 Å². The van der Waals surface area contributed by atoms with Gasteiger partial charge in [0.05, 0.1) is 10.9 Å². The Morgan fingerprint density at radius 2 is 1.82 bits per heavy atom. The lowest BCUT2D eigenvalue weighted by molar-refractivity contribution is -0.128. The highest BCUT2D eigenvalue weighted by Crippen LogP contribution is 2.41. The Balaban J connectivity index is 1.38. The smallest absolute Gasteiger partial charge is 0.279 e. The van der Waals surface area contributed by atoms with Gasteiger partial charge >= 0.3 is 0 Å². The second-order valence-electron chi connectivity index (χ2n) is 8.08. The molecule has 1 atom stereocenters. The second kappa shape index (κ2) is 8.93. The Bertz CT molecular complexity index is 1370. The van der Waals surface area contributed by atoms with Crippen molar-refractivity contribution in [3.8, 4) is 17.0 Å². The molecule has 2 N–H and O–H groups in total. The van der Waals surface area contributed by atoms with Crippen molar-refractivity contribution in [2.24, 2.45) is 0 Å². The highest BCUT2D eigenvalue weighted by atomic mass is 19.1. The number of nitrogens with zero attached hydrogens (tertiary/aromatic N) is 2. The van der Waals surface area contributed by atoms with Crippen LogP contribution in [0.4, 0.5) is 4.39 Å². The Morgan fingerprint density at radius 3 is 2.56 bits per heavy atom. The minimum Gasteiger partial charge on any atom is -0.478 e. The number of hydrazine groups is 1. The Kier molecular flexibility index (Phi) is 5.67. The topological polar surface area (TPSA) is 106 Å². The molecular formula is C25H21FN4O4. The van der Waals surface area contributed by atoms with Crippen molar-refractivity contribution in [1.29, 1.82) is 0 Å². The number of halogens is 1. The minimum atomic E-state index is -1.05. The van der Waals surface area contributed by atoms with Gasteiger partial charge in [-0.2, -0.15) is 0 Å². The van der Waals surface area contributed by atoms with Gasteiger partial charge in [-0.05, 0) is 38.0 Å². The van der Waals surface area contributed by atoms with Crippen LogP contribution in [0.3, 0.4) is 0 Å². The molecule has 34 heavy (non-hydrogen) atoms. The first-order chi connectivity index (χ1) is 16.5. The van der Waals surface area contributed by atoms with E-state index in [1.165, 1.54) is 25.1 Å². The molecule has 1 saturated carbocycles. The summed E-state index contributed by atoms with van der Waals surface area (Å²) in [7, 11) is 0. The number of para-hydroxylation sites is 1. The molecule has 9 heteroatoms. The average molecular weight is 460 g/mol. The lowest BCUT2D eigenvalue weighted by Gasteiger charge is -2.16. The van der Waals surface area contributed by atoms with Crippen molar-refractivity contribution < 1.29 is 23.2 Å². The third-order valence-corrected chi connectivity index (χ3v) is 5.56. The van der Waals surface area contributed by atoms with Gasteiger partial charge in [0.15, 0.2) is 17.7 Å². The molecule has 1 fully saturated rings. The quantitative estimate of drug-likeness (QED) is 0.419. The fourth-order valence-corrected chi connectivity index (χ4v) is 3.60. The second-order valence-corrected chi connectivity index (χ2v) is 8.08. The summed E-state index contributed by atoms with van der Waals surface area (Å²) in [6, 6.07) is 16.8. The van der Waals surface area contributed by atoms with Crippen LogP contribution in [0.25, 0.3) is 22.4 Å². The number of amides is 2. The molecular weight excluding hydrogens is 439 g/mol. The summed E-state index contributed by atoms with van der Waals surface area (Å²) in [5.41, 5.74) is 7.31. The number of rotatable bonds is 6. The summed E-state index contributed by atoms with van der Waals surface area (Å²) in [5.74, 6) is -1.57. The third kappa shape index (κ3) is 4.32.